The van der Waals surface area contributed by atoms with Gasteiger partial charge in [-0.15, -0.1) is 0 Å². The Labute approximate surface area is 134 Å². The number of benzene rings is 1. The van der Waals surface area contributed by atoms with E-state index in [0.29, 0.717) is 12.1 Å². The van der Waals surface area contributed by atoms with Crippen LogP contribution in [-0.4, -0.2) is 48.1 Å². The van der Waals surface area contributed by atoms with E-state index < -0.39 is 6.10 Å². The van der Waals surface area contributed by atoms with Gasteiger partial charge in [0.2, 0.25) is 0 Å². The van der Waals surface area contributed by atoms with Crippen LogP contribution in [0.25, 0.3) is 16.4 Å². The third-order valence-corrected chi connectivity index (χ3v) is 3.97. The lowest BCUT2D eigenvalue weighted by atomic mass is 10.1. The number of ether oxygens (including phenoxy) is 1. The molecule has 5 heteroatoms. The summed E-state index contributed by atoms with van der Waals surface area (Å²) < 4.78 is 6.87. The molecule has 1 N–H and O–H groups in total. The molecular formula is C18H20N2O3. The number of nitrogens with zero attached hydrogens (tertiary/aromatic N) is 2. The van der Waals surface area contributed by atoms with E-state index in [9.17, 15) is 9.90 Å². The molecule has 23 heavy (non-hydrogen) atoms. The minimum Gasteiger partial charge on any atom is -0.465 e. The fourth-order valence-electron chi connectivity index (χ4n) is 2.92. The minimum atomic E-state index is -0.586. The lowest BCUT2D eigenvalue weighted by Crippen LogP contribution is -2.20. The summed E-state index contributed by atoms with van der Waals surface area (Å²) in [6.07, 6.45) is 1.30. The van der Waals surface area contributed by atoms with Gasteiger partial charge in [0.25, 0.3) is 0 Å². The zero-order chi connectivity index (χ0) is 16.6. The average molecular weight is 312 g/mol. The number of hydrogen-bond donors (Lipinski definition) is 1. The number of para-hydroxylation sites is 1. The van der Waals surface area contributed by atoms with Gasteiger partial charge in [-0.2, -0.15) is 0 Å². The van der Waals surface area contributed by atoms with Crippen LogP contribution >= 0.6 is 0 Å². The minimum absolute atomic E-state index is 0.356. The second kappa shape index (κ2) is 6.02. The molecule has 5 nitrogen and oxygen atoms in total. The van der Waals surface area contributed by atoms with Gasteiger partial charge < -0.3 is 19.1 Å². The number of aromatic nitrogens is 1. The van der Waals surface area contributed by atoms with Gasteiger partial charge in [-0.3, -0.25) is 0 Å². The van der Waals surface area contributed by atoms with Crippen LogP contribution < -0.4 is 0 Å². The van der Waals surface area contributed by atoms with Crippen LogP contribution in [0.15, 0.2) is 42.6 Å². The molecule has 0 spiro atoms. The summed E-state index contributed by atoms with van der Waals surface area (Å²) in [5.74, 6) is -0.356. The standard InChI is InChI=1S/C18H20N2O3/c1-19(2)11-16(21)12-8-9-15-17(18(22)23-3)13-6-4-5-7-14(13)20(15)10-12/h4-10,16,21H,11H2,1-3H3. The number of methoxy groups -OCH3 is 1. The van der Waals surface area contributed by atoms with Crippen molar-refractivity contribution in [3.05, 3.63) is 53.7 Å². The van der Waals surface area contributed by atoms with Crippen molar-refractivity contribution in [2.45, 2.75) is 6.10 Å². The quantitative estimate of drug-likeness (QED) is 0.752. The van der Waals surface area contributed by atoms with E-state index in [2.05, 4.69) is 0 Å². The maximum atomic E-state index is 12.2. The highest BCUT2D eigenvalue weighted by Crippen LogP contribution is 2.28. The number of aliphatic hydroxyl groups excluding tert-OH is 1. The summed E-state index contributed by atoms with van der Waals surface area (Å²) >= 11 is 0. The maximum absolute atomic E-state index is 12.2. The van der Waals surface area contributed by atoms with Crippen molar-refractivity contribution < 1.29 is 14.6 Å². The Hall–Kier alpha value is -2.37. The molecular weight excluding hydrogens is 292 g/mol. The second-order valence-electron chi connectivity index (χ2n) is 5.88. The second-order valence-corrected chi connectivity index (χ2v) is 5.88. The number of hydrogen-bond acceptors (Lipinski definition) is 4. The van der Waals surface area contributed by atoms with Gasteiger partial charge in [-0.1, -0.05) is 24.3 Å². The first kappa shape index (κ1) is 15.5. The molecule has 120 valence electrons. The molecule has 0 saturated heterocycles. The molecule has 0 fully saturated rings. The lowest BCUT2D eigenvalue weighted by molar-refractivity contribution is 0.0605. The Balaban J connectivity index is 2.23. The van der Waals surface area contributed by atoms with Crippen LogP contribution in [0.4, 0.5) is 0 Å². The van der Waals surface area contributed by atoms with Crippen LogP contribution in [0.1, 0.15) is 22.0 Å². The number of rotatable bonds is 4. The number of aliphatic hydroxyl groups is 1. The molecule has 0 aliphatic rings. The predicted octanol–water partition coefficient (Wildman–Crippen LogP) is 2.47. The Bertz CT molecular complexity index is 867. The van der Waals surface area contributed by atoms with Crippen LogP contribution in [0.5, 0.6) is 0 Å². The van der Waals surface area contributed by atoms with Crippen LogP contribution in [-0.2, 0) is 4.74 Å². The largest absolute Gasteiger partial charge is 0.465 e. The van der Waals surface area contributed by atoms with E-state index in [-0.39, 0.29) is 5.97 Å². The van der Waals surface area contributed by atoms with Gasteiger partial charge in [-0.05, 0) is 31.8 Å². The van der Waals surface area contributed by atoms with Crippen LogP contribution in [0.3, 0.4) is 0 Å². The number of carbonyl (C=O) groups is 1. The number of esters is 1. The van der Waals surface area contributed by atoms with Gasteiger partial charge in [0.15, 0.2) is 0 Å². The summed E-state index contributed by atoms with van der Waals surface area (Å²) in [5.41, 5.74) is 3.06. The first-order valence-corrected chi connectivity index (χ1v) is 7.46. The number of pyridine rings is 1. The highest BCUT2D eigenvalue weighted by atomic mass is 16.5. The molecule has 0 aliphatic carbocycles. The zero-order valence-electron chi connectivity index (χ0n) is 13.5. The van der Waals surface area contributed by atoms with Gasteiger partial charge >= 0.3 is 5.97 Å². The third kappa shape index (κ3) is 2.69. The van der Waals surface area contributed by atoms with Gasteiger partial charge in [-0.25, -0.2) is 4.79 Å². The fourth-order valence-corrected chi connectivity index (χ4v) is 2.92. The van der Waals surface area contributed by atoms with E-state index in [4.69, 9.17) is 4.74 Å². The van der Waals surface area contributed by atoms with Crippen molar-refractivity contribution >= 4 is 22.4 Å². The van der Waals surface area contributed by atoms with Crippen molar-refractivity contribution in [3.8, 4) is 0 Å². The molecule has 2 aromatic heterocycles. The topological polar surface area (TPSA) is 54.2 Å². The van der Waals surface area contributed by atoms with E-state index in [1.165, 1.54) is 7.11 Å². The van der Waals surface area contributed by atoms with Crippen molar-refractivity contribution in [2.75, 3.05) is 27.7 Å². The highest BCUT2D eigenvalue weighted by Gasteiger charge is 2.19. The van der Waals surface area contributed by atoms with Crippen molar-refractivity contribution in [3.63, 3.8) is 0 Å². The van der Waals surface area contributed by atoms with E-state index in [1.807, 2.05) is 66.0 Å². The average Bonchev–Trinajstić information content (AvgIpc) is 2.87. The summed E-state index contributed by atoms with van der Waals surface area (Å²) in [7, 11) is 5.22. The Morgan fingerprint density at radius 2 is 1.96 bits per heavy atom. The van der Waals surface area contributed by atoms with Crippen molar-refractivity contribution in [1.29, 1.82) is 0 Å². The molecule has 0 radical (unpaired) electrons. The van der Waals surface area contributed by atoms with E-state index >= 15 is 0 Å². The monoisotopic (exact) mass is 312 g/mol. The normalized spacial score (nSPS) is 12.9. The van der Waals surface area contributed by atoms with Gasteiger partial charge in [0.05, 0.1) is 29.8 Å². The molecule has 3 aromatic rings. The summed E-state index contributed by atoms with van der Waals surface area (Å²) in [5, 5.41) is 11.2. The van der Waals surface area contributed by atoms with Crippen LogP contribution in [0, 0.1) is 0 Å². The van der Waals surface area contributed by atoms with Gasteiger partial charge in [0.1, 0.15) is 0 Å². The Morgan fingerprint density at radius 3 is 2.65 bits per heavy atom. The number of fused-ring (bicyclic) bond motifs is 3. The summed E-state index contributed by atoms with van der Waals surface area (Å²) in [6, 6.07) is 11.4. The van der Waals surface area contributed by atoms with Gasteiger partial charge in [0, 0.05) is 18.1 Å². The summed E-state index contributed by atoms with van der Waals surface area (Å²) in [6.45, 7) is 0.536. The first-order valence-electron chi connectivity index (χ1n) is 7.46. The summed E-state index contributed by atoms with van der Waals surface area (Å²) in [4.78, 5) is 14.1. The Morgan fingerprint density at radius 1 is 1.22 bits per heavy atom. The van der Waals surface area contributed by atoms with Crippen molar-refractivity contribution in [1.82, 2.24) is 9.30 Å². The third-order valence-electron chi connectivity index (χ3n) is 3.97. The molecule has 0 bridgehead atoms. The molecule has 2 heterocycles. The highest BCUT2D eigenvalue weighted by molar-refractivity contribution is 6.11. The SMILES string of the molecule is COC(=O)c1c2ccccc2n2cc(C(O)CN(C)C)ccc12. The molecule has 0 amide bonds. The number of carbonyl (C=O) groups excluding carboxylic acids is 1. The smallest absolute Gasteiger partial charge is 0.340 e. The fraction of sp³-hybridized carbons (Fsp3) is 0.278. The maximum Gasteiger partial charge on any atom is 0.340 e. The van der Waals surface area contributed by atoms with E-state index in [1.54, 1.807) is 0 Å². The number of likely N-dealkylation sites (N-methyl/N-ethyl adjacent to an activating group) is 1. The lowest BCUT2D eigenvalue weighted by Gasteiger charge is -2.16. The molecule has 0 saturated carbocycles. The van der Waals surface area contributed by atoms with Crippen molar-refractivity contribution in [2.24, 2.45) is 0 Å². The molecule has 3 rings (SSSR count). The first-order chi connectivity index (χ1) is 11.0. The Kier molecular flexibility index (Phi) is 4.07. The van der Waals surface area contributed by atoms with E-state index in [0.717, 1.165) is 22.0 Å². The molecule has 1 unspecified atom stereocenters. The van der Waals surface area contributed by atoms with Crippen LogP contribution in [0.2, 0.25) is 0 Å². The zero-order valence-corrected chi connectivity index (χ0v) is 13.5. The molecule has 0 aliphatic heterocycles. The molecule has 1 aromatic carbocycles. The predicted molar refractivity (Wildman–Crippen MR) is 89.8 cm³/mol. The molecule has 1 atom stereocenters.